The van der Waals surface area contributed by atoms with Gasteiger partial charge in [0.15, 0.2) is 0 Å². The van der Waals surface area contributed by atoms with Crippen molar-refractivity contribution in [2.75, 3.05) is 19.6 Å². The van der Waals surface area contributed by atoms with Gasteiger partial charge in [-0.25, -0.2) is 0 Å². The highest BCUT2D eigenvalue weighted by atomic mass is 16.2. The zero-order valence-electron chi connectivity index (χ0n) is 10.4. The van der Waals surface area contributed by atoms with Gasteiger partial charge in [0, 0.05) is 19.1 Å². The highest BCUT2D eigenvalue weighted by molar-refractivity contribution is 5.78. The van der Waals surface area contributed by atoms with Gasteiger partial charge in [-0.3, -0.25) is 4.79 Å². The van der Waals surface area contributed by atoms with Crippen molar-refractivity contribution in [3.63, 3.8) is 0 Å². The van der Waals surface area contributed by atoms with E-state index in [9.17, 15) is 4.79 Å². The summed E-state index contributed by atoms with van der Waals surface area (Å²) in [5.74, 6) is 1.10. The Morgan fingerprint density at radius 3 is 2.44 bits per heavy atom. The maximum atomic E-state index is 11.9. The molecule has 1 aliphatic carbocycles. The van der Waals surface area contributed by atoms with Gasteiger partial charge in [-0.05, 0) is 31.6 Å². The van der Waals surface area contributed by atoms with Crippen LogP contribution >= 0.6 is 0 Å². The number of rotatable bonds is 3. The van der Waals surface area contributed by atoms with Crippen molar-refractivity contribution < 1.29 is 4.79 Å². The van der Waals surface area contributed by atoms with Crippen LogP contribution in [0.15, 0.2) is 0 Å². The van der Waals surface area contributed by atoms with E-state index >= 15 is 0 Å². The van der Waals surface area contributed by atoms with Crippen molar-refractivity contribution in [2.45, 2.75) is 51.5 Å². The summed E-state index contributed by atoms with van der Waals surface area (Å²) < 4.78 is 0. The van der Waals surface area contributed by atoms with Crippen molar-refractivity contribution in [1.29, 1.82) is 0 Å². The molecule has 0 aromatic heterocycles. The van der Waals surface area contributed by atoms with Crippen molar-refractivity contribution in [2.24, 2.45) is 5.92 Å². The standard InChI is InChI=1S/C13H24N2O/c1-11-6-8-15(9-7-11)13(16)10-14-12-4-2-3-5-12/h11-12,14H,2-10H2,1H3. The molecular weight excluding hydrogens is 200 g/mol. The first-order valence-corrected chi connectivity index (χ1v) is 6.77. The largest absolute Gasteiger partial charge is 0.342 e. The molecule has 0 aromatic rings. The number of hydrogen-bond acceptors (Lipinski definition) is 2. The number of amides is 1. The smallest absolute Gasteiger partial charge is 0.236 e. The van der Waals surface area contributed by atoms with Gasteiger partial charge in [-0.1, -0.05) is 19.8 Å². The molecular formula is C13H24N2O. The molecule has 1 amide bonds. The third-order valence-corrected chi connectivity index (χ3v) is 4.03. The number of nitrogens with one attached hydrogen (secondary N) is 1. The molecule has 16 heavy (non-hydrogen) atoms. The van der Waals surface area contributed by atoms with Crippen LogP contribution in [0.5, 0.6) is 0 Å². The van der Waals surface area contributed by atoms with E-state index in [0.717, 1.165) is 19.0 Å². The molecule has 0 radical (unpaired) electrons. The van der Waals surface area contributed by atoms with Gasteiger partial charge >= 0.3 is 0 Å². The fourth-order valence-corrected chi connectivity index (χ4v) is 2.73. The van der Waals surface area contributed by atoms with E-state index < -0.39 is 0 Å². The summed E-state index contributed by atoms with van der Waals surface area (Å²) in [6.45, 7) is 4.76. The lowest BCUT2D eigenvalue weighted by molar-refractivity contribution is -0.131. The van der Waals surface area contributed by atoms with E-state index in [-0.39, 0.29) is 0 Å². The van der Waals surface area contributed by atoms with Gasteiger partial charge in [0.1, 0.15) is 0 Å². The second kappa shape index (κ2) is 5.67. The van der Waals surface area contributed by atoms with Gasteiger partial charge in [-0.2, -0.15) is 0 Å². The van der Waals surface area contributed by atoms with E-state index in [4.69, 9.17) is 0 Å². The minimum atomic E-state index is 0.304. The zero-order valence-corrected chi connectivity index (χ0v) is 10.4. The summed E-state index contributed by atoms with van der Waals surface area (Å²) in [4.78, 5) is 14.0. The Labute approximate surface area is 98.6 Å². The molecule has 92 valence electrons. The predicted molar refractivity (Wildman–Crippen MR) is 65.2 cm³/mol. The summed E-state index contributed by atoms with van der Waals surface area (Å²) in [5.41, 5.74) is 0. The number of nitrogens with zero attached hydrogens (tertiary/aromatic N) is 1. The fourth-order valence-electron chi connectivity index (χ4n) is 2.73. The van der Waals surface area contributed by atoms with Gasteiger partial charge in [-0.15, -0.1) is 0 Å². The Hall–Kier alpha value is -0.570. The first-order chi connectivity index (χ1) is 7.75. The number of carbonyl (C=O) groups is 1. The second-order valence-electron chi connectivity index (χ2n) is 5.43. The van der Waals surface area contributed by atoms with Crippen LogP contribution in [0.1, 0.15) is 45.4 Å². The average Bonchev–Trinajstić information content (AvgIpc) is 2.80. The Morgan fingerprint density at radius 2 is 1.81 bits per heavy atom. The van der Waals surface area contributed by atoms with Crippen LogP contribution in [0.2, 0.25) is 0 Å². The van der Waals surface area contributed by atoms with Crippen LogP contribution in [0, 0.1) is 5.92 Å². The molecule has 1 heterocycles. The monoisotopic (exact) mass is 224 g/mol. The first-order valence-electron chi connectivity index (χ1n) is 6.77. The van der Waals surface area contributed by atoms with E-state index in [1.807, 2.05) is 4.90 Å². The molecule has 1 N–H and O–H groups in total. The molecule has 0 aromatic carbocycles. The molecule has 3 nitrogen and oxygen atoms in total. The van der Waals surface area contributed by atoms with E-state index in [0.29, 0.717) is 18.5 Å². The van der Waals surface area contributed by atoms with Crippen LogP contribution in [-0.4, -0.2) is 36.5 Å². The average molecular weight is 224 g/mol. The quantitative estimate of drug-likeness (QED) is 0.792. The van der Waals surface area contributed by atoms with Crippen LogP contribution < -0.4 is 5.32 Å². The van der Waals surface area contributed by atoms with Crippen LogP contribution in [0.4, 0.5) is 0 Å². The topological polar surface area (TPSA) is 32.3 Å². The second-order valence-corrected chi connectivity index (χ2v) is 5.43. The molecule has 2 fully saturated rings. The molecule has 1 aliphatic heterocycles. The van der Waals surface area contributed by atoms with E-state index in [1.54, 1.807) is 0 Å². The number of carbonyl (C=O) groups excluding carboxylic acids is 1. The van der Waals surface area contributed by atoms with Crippen molar-refractivity contribution in [3.05, 3.63) is 0 Å². The summed E-state index contributed by atoms with van der Waals surface area (Å²) in [6, 6.07) is 0.604. The van der Waals surface area contributed by atoms with Gasteiger partial charge in [0.2, 0.25) is 5.91 Å². The molecule has 1 saturated heterocycles. The maximum absolute atomic E-state index is 11.9. The highest BCUT2D eigenvalue weighted by Gasteiger charge is 2.21. The molecule has 1 saturated carbocycles. The van der Waals surface area contributed by atoms with Crippen molar-refractivity contribution >= 4 is 5.91 Å². The lowest BCUT2D eigenvalue weighted by Crippen LogP contribution is -2.44. The van der Waals surface area contributed by atoms with Gasteiger partial charge in [0.25, 0.3) is 0 Å². The van der Waals surface area contributed by atoms with Gasteiger partial charge in [0.05, 0.1) is 6.54 Å². The minimum Gasteiger partial charge on any atom is -0.342 e. The third kappa shape index (κ3) is 3.21. The number of hydrogen-bond donors (Lipinski definition) is 1. The molecule has 0 spiro atoms. The number of likely N-dealkylation sites (tertiary alicyclic amines) is 1. The molecule has 0 atom stereocenters. The van der Waals surface area contributed by atoms with Crippen LogP contribution in [0.3, 0.4) is 0 Å². The minimum absolute atomic E-state index is 0.304. The molecule has 2 rings (SSSR count). The van der Waals surface area contributed by atoms with Crippen molar-refractivity contribution in [1.82, 2.24) is 10.2 Å². The zero-order chi connectivity index (χ0) is 11.4. The van der Waals surface area contributed by atoms with E-state index in [2.05, 4.69) is 12.2 Å². The number of piperidine rings is 1. The molecule has 0 unspecified atom stereocenters. The Morgan fingerprint density at radius 1 is 1.19 bits per heavy atom. The van der Waals surface area contributed by atoms with Crippen LogP contribution in [0.25, 0.3) is 0 Å². The Balaban J connectivity index is 1.67. The lowest BCUT2D eigenvalue weighted by atomic mass is 9.99. The fraction of sp³-hybridized carbons (Fsp3) is 0.923. The molecule has 3 heteroatoms. The Bertz CT molecular complexity index is 228. The summed E-state index contributed by atoms with van der Waals surface area (Å²) in [7, 11) is 0. The lowest BCUT2D eigenvalue weighted by Gasteiger charge is -2.30. The maximum Gasteiger partial charge on any atom is 0.236 e. The van der Waals surface area contributed by atoms with Crippen LogP contribution in [-0.2, 0) is 4.79 Å². The summed E-state index contributed by atoms with van der Waals surface area (Å²) in [6.07, 6.45) is 7.51. The predicted octanol–water partition coefficient (Wildman–Crippen LogP) is 1.78. The SMILES string of the molecule is CC1CCN(C(=O)CNC2CCCC2)CC1. The summed E-state index contributed by atoms with van der Waals surface area (Å²) in [5, 5.41) is 3.40. The molecule has 2 aliphatic rings. The first kappa shape index (κ1) is 11.9. The van der Waals surface area contributed by atoms with Crippen molar-refractivity contribution in [3.8, 4) is 0 Å². The highest BCUT2D eigenvalue weighted by Crippen LogP contribution is 2.18. The summed E-state index contributed by atoms with van der Waals surface area (Å²) >= 11 is 0. The third-order valence-electron chi connectivity index (χ3n) is 4.03. The molecule has 0 bridgehead atoms. The Kier molecular flexibility index (Phi) is 4.22. The van der Waals surface area contributed by atoms with E-state index in [1.165, 1.54) is 38.5 Å². The normalized spacial score (nSPS) is 23.9. The van der Waals surface area contributed by atoms with Gasteiger partial charge < -0.3 is 10.2 Å².